The van der Waals surface area contributed by atoms with Crippen molar-refractivity contribution in [2.24, 2.45) is 0 Å². The lowest BCUT2D eigenvalue weighted by Gasteiger charge is -2.17. The number of hydrogen-bond donors (Lipinski definition) is 1. The molecule has 1 N–H and O–H groups in total. The highest BCUT2D eigenvalue weighted by Crippen LogP contribution is 2.28. The maximum atomic E-state index is 6.01. The second-order valence-electron chi connectivity index (χ2n) is 4.47. The van der Waals surface area contributed by atoms with Gasteiger partial charge in [0.1, 0.15) is 0 Å². The second-order valence-corrected chi connectivity index (χ2v) is 7.18. The zero-order chi connectivity index (χ0) is 13.7. The van der Waals surface area contributed by atoms with E-state index in [-0.39, 0.29) is 0 Å². The van der Waals surface area contributed by atoms with Crippen molar-refractivity contribution in [1.82, 2.24) is 5.32 Å². The van der Waals surface area contributed by atoms with E-state index in [2.05, 4.69) is 58.5 Å². The van der Waals surface area contributed by atoms with Gasteiger partial charge in [-0.3, -0.25) is 0 Å². The SMILES string of the molecule is CCNCC(Cc1ccc(Cl)s1)c1ccc(Br)cc1. The summed E-state index contributed by atoms with van der Waals surface area (Å²) in [4.78, 5) is 1.34. The summed E-state index contributed by atoms with van der Waals surface area (Å²) >= 11 is 11.2. The van der Waals surface area contributed by atoms with Crippen molar-refractivity contribution in [3.8, 4) is 0 Å². The molecule has 1 aromatic carbocycles. The van der Waals surface area contributed by atoms with Gasteiger partial charge in [-0.15, -0.1) is 11.3 Å². The van der Waals surface area contributed by atoms with Crippen LogP contribution in [0, 0.1) is 0 Å². The molecule has 1 aromatic heterocycles. The highest BCUT2D eigenvalue weighted by molar-refractivity contribution is 9.10. The minimum absolute atomic E-state index is 0.489. The molecule has 0 radical (unpaired) electrons. The fourth-order valence-electron chi connectivity index (χ4n) is 2.07. The largest absolute Gasteiger partial charge is 0.316 e. The molecule has 1 heterocycles. The summed E-state index contributed by atoms with van der Waals surface area (Å²) in [6, 6.07) is 12.7. The van der Waals surface area contributed by atoms with Crippen molar-refractivity contribution in [1.29, 1.82) is 0 Å². The maximum Gasteiger partial charge on any atom is 0.0931 e. The third kappa shape index (κ3) is 4.60. The van der Waals surface area contributed by atoms with Gasteiger partial charge < -0.3 is 5.32 Å². The first-order valence-corrected chi connectivity index (χ1v) is 8.38. The molecule has 1 unspecified atom stereocenters. The van der Waals surface area contributed by atoms with Gasteiger partial charge in [0.2, 0.25) is 0 Å². The summed E-state index contributed by atoms with van der Waals surface area (Å²) in [5, 5.41) is 3.45. The van der Waals surface area contributed by atoms with Crippen LogP contribution in [0.15, 0.2) is 40.9 Å². The molecule has 102 valence electrons. The molecule has 0 saturated carbocycles. The maximum absolute atomic E-state index is 6.01. The number of thiophene rings is 1. The summed E-state index contributed by atoms with van der Waals surface area (Å²) in [7, 11) is 0. The molecule has 2 aromatic rings. The molecule has 0 aliphatic carbocycles. The van der Waals surface area contributed by atoms with Crippen LogP contribution in [0.4, 0.5) is 0 Å². The molecule has 19 heavy (non-hydrogen) atoms. The lowest BCUT2D eigenvalue weighted by Crippen LogP contribution is -2.22. The topological polar surface area (TPSA) is 12.0 Å². The van der Waals surface area contributed by atoms with Crippen LogP contribution in [-0.4, -0.2) is 13.1 Å². The van der Waals surface area contributed by atoms with Crippen LogP contribution in [0.5, 0.6) is 0 Å². The van der Waals surface area contributed by atoms with Crippen LogP contribution in [-0.2, 0) is 6.42 Å². The number of nitrogens with one attached hydrogen (secondary N) is 1. The zero-order valence-electron chi connectivity index (χ0n) is 10.8. The first kappa shape index (κ1) is 15.0. The van der Waals surface area contributed by atoms with E-state index >= 15 is 0 Å². The molecule has 4 heteroatoms. The molecule has 0 fully saturated rings. The summed E-state index contributed by atoms with van der Waals surface area (Å²) in [6.45, 7) is 4.13. The van der Waals surface area contributed by atoms with Crippen LogP contribution >= 0.6 is 38.9 Å². The van der Waals surface area contributed by atoms with E-state index in [1.807, 2.05) is 6.07 Å². The Kier molecular flexibility index (Phi) is 5.89. The van der Waals surface area contributed by atoms with Gasteiger partial charge >= 0.3 is 0 Å². The minimum Gasteiger partial charge on any atom is -0.316 e. The van der Waals surface area contributed by atoms with Crippen molar-refractivity contribution in [2.75, 3.05) is 13.1 Å². The van der Waals surface area contributed by atoms with Gasteiger partial charge in [-0.05, 0) is 42.8 Å². The lowest BCUT2D eigenvalue weighted by atomic mass is 9.95. The van der Waals surface area contributed by atoms with Crippen LogP contribution < -0.4 is 5.32 Å². The smallest absolute Gasteiger partial charge is 0.0931 e. The third-order valence-corrected chi connectivity index (χ3v) is 4.84. The number of hydrogen-bond acceptors (Lipinski definition) is 2. The molecule has 2 rings (SSSR count). The Bertz CT molecular complexity index is 509. The Morgan fingerprint density at radius 2 is 1.95 bits per heavy atom. The number of likely N-dealkylation sites (N-methyl/N-ethyl adjacent to an activating group) is 1. The van der Waals surface area contributed by atoms with Gasteiger partial charge in [0.05, 0.1) is 4.34 Å². The van der Waals surface area contributed by atoms with Crippen LogP contribution in [0.2, 0.25) is 4.34 Å². The highest BCUT2D eigenvalue weighted by Gasteiger charge is 2.13. The van der Waals surface area contributed by atoms with E-state index in [1.54, 1.807) is 11.3 Å². The average molecular weight is 359 g/mol. The number of rotatable bonds is 6. The van der Waals surface area contributed by atoms with Crippen molar-refractivity contribution in [3.63, 3.8) is 0 Å². The van der Waals surface area contributed by atoms with Crippen LogP contribution in [0.3, 0.4) is 0 Å². The standard InChI is InChI=1S/C15H17BrClNS/c1-2-18-10-12(9-14-7-8-15(17)19-14)11-3-5-13(16)6-4-11/h3-8,12,18H,2,9-10H2,1H3. The minimum atomic E-state index is 0.489. The van der Waals surface area contributed by atoms with Gasteiger partial charge in [0, 0.05) is 21.8 Å². The molecular weight excluding hydrogens is 342 g/mol. The number of halogens is 2. The Morgan fingerprint density at radius 1 is 1.21 bits per heavy atom. The normalized spacial score (nSPS) is 12.6. The highest BCUT2D eigenvalue weighted by atomic mass is 79.9. The van der Waals surface area contributed by atoms with Crippen molar-refractivity contribution in [2.45, 2.75) is 19.3 Å². The predicted octanol–water partition coefficient (Wildman–Crippen LogP) is 5.10. The van der Waals surface area contributed by atoms with E-state index in [9.17, 15) is 0 Å². The Morgan fingerprint density at radius 3 is 2.53 bits per heavy atom. The van der Waals surface area contributed by atoms with Gasteiger partial charge in [-0.25, -0.2) is 0 Å². The lowest BCUT2D eigenvalue weighted by molar-refractivity contribution is 0.598. The van der Waals surface area contributed by atoms with E-state index < -0.39 is 0 Å². The summed E-state index contributed by atoms with van der Waals surface area (Å²) in [6.07, 6.45) is 1.03. The third-order valence-electron chi connectivity index (χ3n) is 3.06. The van der Waals surface area contributed by atoms with Gasteiger partial charge in [0.15, 0.2) is 0 Å². The predicted molar refractivity (Wildman–Crippen MR) is 88.5 cm³/mol. The Hall–Kier alpha value is -0.350. The molecule has 0 saturated heterocycles. The van der Waals surface area contributed by atoms with Crippen LogP contribution in [0.25, 0.3) is 0 Å². The van der Waals surface area contributed by atoms with Crippen LogP contribution in [0.1, 0.15) is 23.3 Å². The zero-order valence-corrected chi connectivity index (χ0v) is 14.0. The van der Waals surface area contributed by atoms with E-state index in [0.717, 1.165) is 28.3 Å². The first-order chi connectivity index (χ1) is 9.19. The molecular formula is C15H17BrClNS. The fourth-order valence-corrected chi connectivity index (χ4v) is 3.50. The van der Waals surface area contributed by atoms with Gasteiger partial charge in [-0.2, -0.15) is 0 Å². The molecule has 0 aliphatic heterocycles. The van der Waals surface area contributed by atoms with E-state index in [0.29, 0.717) is 5.92 Å². The summed E-state index contributed by atoms with van der Waals surface area (Å²) < 4.78 is 1.99. The number of benzene rings is 1. The second kappa shape index (κ2) is 7.44. The molecule has 1 nitrogen and oxygen atoms in total. The van der Waals surface area contributed by atoms with Crippen molar-refractivity contribution < 1.29 is 0 Å². The quantitative estimate of drug-likeness (QED) is 0.757. The summed E-state index contributed by atoms with van der Waals surface area (Å²) in [5.41, 5.74) is 1.37. The Labute approximate surface area is 132 Å². The van der Waals surface area contributed by atoms with Crippen molar-refractivity contribution >= 4 is 38.9 Å². The van der Waals surface area contributed by atoms with Gasteiger partial charge in [-0.1, -0.05) is 46.6 Å². The van der Waals surface area contributed by atoms with E-state index in [1.165, 1.54) is 10.4 Å². The fraction of sp³-hybridized carbons (Fsp3) is 0.333. The monoisotopic (exact) mass is 357 g/mol. The molecule has 0 amide bonds. The first-order valence-electron chi connectivity index (χ1n) is 6.39. The molecule has 1 atom stereocenters. The molecule has 0 aliphatic rings. The average Bonchev–Trinajstić information content (AvgIpc) is 2.81. The van der Waals surface area contributed by atoms with Crippen molar-refractivity contribution in [3.05, 3.63) is 55.6 Å². The summed E-state index contributed by atoms with van der Waals surface area (Å²) in [5.74, 6) is 0.489. The molecule has 0 bridgehead atoms. The Balaban J connectivity index is 2.13. The molecule has 0 spiro atoms. The van der Waals surface area contributed by atoms with Gasteiger partial charge in [0.25, 0.3) is 0 Å². The van der Waals surface area contributed by atoms with E-state index in [4.69, 9.17) is 11.6 Å².